The van der Waals surface area contributed by atoms with Gasteiger partial charge in [0.25, 0.3) is 0 Å². The minimum atomic E-state index is -1.29. The van der Waals surface area contributed by atoms with E-state index in [0.717, 1.165) is 0 Å². The summed E-state index contributed by atoms with van der Waals surface area (Å²) in [5.41, 5.74) is -0.566. The molecule has 0 aliphatic carbocycles. The minimum Gasteiger partial charge on any atom is -0.394 e. The summed E-state index contributed by atoms with van der Waals surface area (Å²) in [6.07, 6.45) is -4.46. The van der Waals surface area contributed by atoms with Crippen LogP contribution in [0, 0.1) is 0 Å². The maximum absolute atomic E-state index is 11.2. The van der Waals surface area contributed by atoms with E-state index in [1.807, 2.05) is 0 Å². The molecule has 0 aromatic rings. The van der Waals surface area contributed by atoms with Crippen molar-refractivity contribution in [3.8, 4) is 0 Å². The molecule has 1 aliphatic rings. The molecular weight excluding hydrogens is 254 g/mol. The summed E-state index contributed by atoms with van der Waals surface area (Å²) < 4.78 is 11.0. The van der Waals surface area contributed by atoms with Crippen LogP contribution in [0.15, 0.2) is 0 Å². The molecular formula is C12H23NO6. The van der Waals surface area contributed by atoms with E-state index < -0.39 is 42.9 Å². The summed E-state index contributed by atoms with van der Waals surface area (Å²) in [5.74, 6) is -0.371. The lowest BCUT2D eigenvalue weighted by molar-refractivity contribution is -0.292. The highest BCUT2D eigenvalue weighted by atomic mass is 16.7. The number of nitrogens with one attached hydrogen (secondary N) is 1. The van der Waals surface area contributed by atoms with E-state index in [4.69, 9.17) is 14.6 Å². The molecule has 5 atom stereocenters. The second kappa shape index (κ2) is 6.15. The Bertz CT molecular complexity index is 316. The summed E-state index contributed by atoms with van der Waals surface area (Å²) in [5, 5.41) is 31.4. The number of carbonyl (C=O) groups is 1. The molecule has 0 spiro atoms. The van der Waals surface area contributed by atoms with Gasteiger partial charge in [0.05, 0.1) is 12.2 Å². The van der Waals surface area contributed by atoms with E-state index >= 15 is 0 Å². The fourth-order valence-corrected chi connectivity index (χ4v) is 1.92. The first-order chi connectivity index (χ1) is 8.65. The quantitative estimate of drug-likeness (QED) is 0.513. The topological polar surface area (TPSA) is 108 Å². The van der Waals surface area contributed by atoms with Crippen LogP contribution in [0.5, 0.6) is 0 Å². The van der Waals surface area contributed by atoms with Crippen LogP contribution in [-0.2, 0) is 14.3 Å². The van der Waals surface area contributed by atoms with Gasteiger partial charge in [0.2, 0.25) is 5.91 Å². The number of hydrogen-bond donors (Lipinski definition) is 4. The van der Waals surface area contributed by atoms with Crippen molar-refractivity contribution >= 4 is 5.91 Å². The lowest BCUT2D eigenvalue weighted by Crippen LogP contribution is -2.65. The van der Waals surface area contributed by atoms with E-state index in [1.54, 1.807) is 20.8 Å². The van der Waals surface area contributed by atoms with Gasteiger partial charge in [0.15, 0.2) is 6.29 Å². The molecule has 0 saturated carbocycles. The summed E-state index contributed by atoms with van der Waals surface area (Å²) in [4.78, 5) is 11.2. The molecule has 112 valence electrons. The average molecular weight is 277 g/mol. The summed E-state index contributed by atoms with van der Waals surface area (Å²) in [6.45, 7) is 6.24. The van der Waals surface area contributed by atoms with Gasteiger partial charge in [-0.1, -0.05) is 0 Å². The van der Waals surface area contributed by atoms with Gasteiger partial charge >= 0.3 is 0 Å². The van der Waals surface area contributed by atoms with Crippen LogP contribution in [0.2, 0.25) is 0 Å². The highest BCUT2D eigenvalue weighted by Gasteiger charge is 2.46. The third-order valence-electron chi connectivity index (χ3n) is 2.72. The number of carbonyl (C=O) groups excluding carboxylic acids is 1. The molecule has 1 rings (SSSR count). The third kappa shape index (κ3) is 4.39. The molecule has 19 heavy (non-hydrogen) atoms. The first-order valence-electron chi connectivity index (χ1n) is 6.23. The molecule has 0 unspecified atom stereocenters. The van der Waals surface area contributed by atoms with Gasteiger partial charge in [0.1, 0.15) is 24.4 Å². The molecule has 7 heteroatoms. The zero-order chi connectivity index (χ0) is 14.8. The van der Waals surface area contributed by atoms with Crippen molar-refractivity contribution in [3.63, 3.8) is 0 Å². The monoisotopic (exact) mass is 277 g/mol. The van der Waals surface area contributed by atoms with Crippen molar-refractivity contribution in [1.29, 1.82) is 0 Å². The van der Waals surface area contributed by atoms with Gasteiger partial charge in [-0.25, -0.2) is 0 Å². The van der Waals surface area contributed by atoms with Crippen LogP contribution < -0.4 is 5.32 Å². The zero-order valence-electron chi connectivity index (χ0n) is 11.7. The normalized spacial score (nSPS) is 36.1. The maximum Gasteiger partial charge on any atom is 0.217 e. The van der Waals surface area contributed by atoms with Crippen LogP contribution in [0.25, 0.3) is 0 Å². The SMILES string of the molecule is CC(=O)N[C@@H]1[C@@H](OC(C)(C)C)O[C@@H](CO)[C@H](O)[C@H]1O. The molecule has 1 amide bonds. The fourth-order valence-electron chi connectivity index (χ4n) is 1.92. The molecule has 7 nitrogen and oxygen atoms in total. The smallest absolute Gasteiger partial charge is 0.217 e. The van der Waals surface area contributed by atoms with Crippen LogP contribution in [-0.4, -0.2) is 64.1 Å². The fraction of sp³-hybridized carbons (Fsp3) is 0.917. The largest absolute Gasteiger partial charge is 0.394 e. The Morgan fingerprint density at radius 2 is 1.89 bits per heavy atom. The van der Waals surface area contributed by atoms with Gasteiger partial charge in [-0.2, -0.15) is 0 Å². The molecule has 1 aliphatic heterocycles. The number of amides is 1. The predicted molar refractivity (Wildman–Crippen MR) is 66.2 cm³/mol. The number of aliphatic hydroxyl groups is 3. The van der Waals surface area contributed by atoms with E-state index in [-0.39, 0.29) is 5.91 Å². The minimum absolute atomic E-state index is 0.371. The van der Waals surface area contributed by atoms with Crippen molar-refractivity contribution in [1.82, 2.24) is 5.32 Å². The lowest BCUT2D eigenvalue weighted by atomic mass is 9.96. The number of aliphatic hydroxyl groups excluding tert-OH is 3. The summed E-state index contributed by atoms with van der Waals surface area (Å²) in [7, 11) is 0. The van der Waals surface area contributed by atoms with Crippen LogP contribution in [0.1, 0.15) is 27.7 Å². The van der Waals surface area contributed by atoms with Gasteiger partial charge in [-0.3, -0.25) is 4.79 Å². The molecule has 0 bridgehead atoms. The van der Waals surface area contributed by atoms with Crippen LogP contribution in [0.4, 0.5) is 0 Å². The Labute approximate surface area is 112 Å². The molecule has 1 saturated heterocycles. The van der Waals surface area contributed by atoms with Gasteiger partial charge in [0, 0.05) is 6.92 Å². The Morgan fingerprint density at radius 3 is 2.32 bits per heavy atom. The van der Waals surface area contributed by atoms with Crippen molar-refractivity contribution in [2.24, 2.45) is 0 Å². The lowest BCUT2D eigenvalue weighted by Gasteiger charge is -2.44. The first kappa shape index (κ1) is 16.3. The van der Waals surface area contributed by atoms with Crippen molar-refractivity contribution < 1.29 is 29.6 Å². The summed E-state index contributed by atoms with van der Waals surface area (Å²) >= 11 is 0. The Kier molecular flexibility index (Phi) is 5.28. The molecule has 1 heterocycles. The Morgan fingerprint density at radius 1 is 1.32 bits per heavy atom. The molecule has 0 aromatic heterocycles. The van der Waals surface area contributed by atoms with Gasteiger partial charge in [-0.05, 0) is 20.8 Å². The van der Waals surface area contributed by atoms with Crippen LogP contribution >= 0.6 is 0 Å². The first-order valence-corrected chi connectivity index (χ1v) is 6.23. The molecule has 4 N–H and O–H groups in total. The van der Waals surface area contributed by atoms with E-state index in [2.05, 4.69) is 5.32 Å². The van der Waals surface area contributed by atoms with E-state index in [9.17, 15) is 15.0 Å². The van der Waals surface area contributed by atoms with E-state index in [1.165, 1.54) is 6.92 Å². The molecule has 1 fully saturated rings. The Balaban J connectivity index is 2.89. The number of ether oxygens (including phenoxy) is 2. The predicted octanol–water partition coefficient (Wildman–Crippen LogP) is -1.25. The van der Waals surface area contributed by atoms with E-state index in [0.29, 0.717) is 0 Å². The highest BCUT2D eigenvalue weighted by molar-refractivity contribution is 5.73. The zero-order valence-corrected chi connectivity index (χ0v) is 11.7. The number of hydrogen-bond acceptors (Lipinski definition) is 6. The molecule has 0 radical (unpaired) electrons. The molecule has 0 aromatic carbocycles. The Hall–Kier alpha value is -0.730. The van der Waals surface area contributed by atoms with Crippen molar-refractivity contribution in [2.45, 2.75) is 63.9 Å². The van der Waals surface area contributed by atoms with Crippen molar-refractivity contribution in [2.75, 3.05) is 6.61 Å². The second-order valence-electron chi connectivity index (χ2n) is 5.66. The highest BCUT2D eigenvalue weighted by Crippen LogP contribution is 2.25. The summed E-state index contributed by atoms with van der Waals surface area (Å²) in [6, 6.07) is -0.894. The van der Waals surface area contributed by atoms with Crippen molar-refractivity contribution in [3.05, 3.63) is 0 Å². The third-order valence-corrected chi connectivity index (χ3v) is 2.72. The maximum atomic E-state index is 11.2. The average Bonchev–Trinajstić information content (AvgIpc) is 2.26. The second-order valence-corrected chi connectivity index (χ2v) is 5.66. The number of rotatable bonds is 3. The van der Waals surface area contributed by atoms with Crippen LogP contribution in [0.3, 0.4) is 0 Å². The standard InChI is InChI=1S/C12H23NO6/c1-6(15)13-8-10(17)9(16)7(5-14)18-11(8)19-12(2,3)4/h7-11,14,16-17H,5H2,1-4H3,(H,13,15)/t7-,8-,9-,10-,11+/m0/s1. The van der Waals surface area contributed by atoms with Gasteiger partial charge < -0.3 is 30.1 Å². The van der Waals surface area contributed by atoms with Gasteiger partial charge in [-0.15, -0.1) is 0 Å².